The minimum absolute atomic E-state index is 0.0604. The summed E-state index contributed by atoms with van der Waals surface area (Å²) < 4.78 is 10.5. The minimum atomic E-state index is -1.07. The Hall–Kier alpha value is -3.65. The number of aliphatic carboxylic acids is 1. The molecule has 114 valence electrons. The van der Waals surface area contributed by atoms with Crippen LogP contribution in [0.1, 0.15) is 17.1 Å². The highest BCUT2D eigenvalue weighted by Crippen LogP contribution is 2.25. The van der Waals surface area contributed by atoms with Gasteiger partial charge in [0, 0.05) is 0 Å². The van der Waals surface area contributed by atoms with Crippen LogP contribution in [0.2, 0.25) is 0 Å². The Labute approximate surface area is 131 Å². The summed E-state index contributed by atoms with van der Waals surface area (Å²) in [7, 11) is 0. The molecular weight excluding hydrogens is 300 g/mol. The Kier molecular flexibility index (Phi) is 4.70. The van der Waals surface area contributed by atoms with Crippen molar-refractivity contribution in [1.29, 1.82) is 10.5 Å². The van der Waals surface area contributed by atoms with Gasteiger partial charge in [0.15, 0.2) is 18.0 Å². The maximum absolute atomic E-state index is 10.4. The van der Waals surface area contributed by atoms with Crippen LogP contribution < -0.4 is 9.47 Å². The van der Waals surface area contributed by atoms with Gasteiger partial charge in [-0.25, -0.2) is 9.78 Å². The van der Waals surface area contributed by atoms with Gasteiger partial charge in [0.2, 0.25) is 5.88 Å². The lowest BCUT2D eigenvalue weighted by Gasteiger charge is -2.09. The number of carboxylic acids is 1. The average Bonchev–Trinajstić information content (AvgIpc) is 2.55. The zero-order valence-corrected chi connectivity index (χ0v) is 12.0. The van der Waals surface area contributed by atoms with Crippen LogP contribution in [-0.4, -0.2) is 27.7 Å². The summed E-state index contributed by atoms with van der Waals surface area (Å²) in [6, 6.07) is 9.77. The first-order chi connectivity index (χ1) is 11.0. The number of aryl methyl sites for hydroxylation is 1. The Balaban J connectivity index is 2.18. The van der Waals surface area contributed by atoms with E-state index in [0.29, 0.717) is 17.2 Å². The van der Waals surface area contributed by atoms with Gasteiger partial charge in [-0.1, -0.05) is 0 Å². The molecule has 1 aromatic carbocycles. The van der Waals surface area contributed by atoms with Crippen LogP contribution in [-0.2, 0) is 4.79 Å². The van der Waals surface area contributed by atoms with Crippen molar-refractivity contribution in [3.63, 3.8) is 0 Å². The number of carbonyl (C=O) groups is 1. The van der Waals surface area contributed by atoms with Crippen molar-refractivity contribution in [1.82, 2.24) is 9.97 Å². The van der Waals surface area contributed by atoms with Gasteiger partial charge in [-0.05, 0) is 31.2 Å². The van der Waals surface area contributed by atoms with E-state index in [0.717, 1.165) is 0 Å². The molecule has 2 rings (SSSR count). The normalized spacial score (nSPS) is 9.52. The molecule has 0 radical (unpaired) electrons. The molecular formula is C15H10N4O4. The molecule has 0 saturated carbocycles. The monoisotopic (exact) mass is 310 g/mol. The molecule has 2 aromatic rings. The largest absolute Gasteiger partial charge is 0.482 e. The second-order valence-corrected chi connectivity index (χ2v) is 4.29. The van der Waals surface area contributed by atoms with Gasteiger partial charge in [-0.2, -0.15) is 15.5 Å². The number of rotatable bonds is 5. The number of carboxylic acid groups (broad SMARTS) is 1. The highest BCUT2D eigenvalue weighted by Gasteiger charge is 2.12. The van der Waals surface area contributed by atoms with Crippen molar-refractivity contribution in [2.24, 2.45) is 0 Å². The first-order valence-electron chi connectivity index (χ1n) is 6.35. The lowest BCUT2D eigenvalue weighted by molar-refractivity contribution is -0.139. The molecule has 0 aliphatic heterocycles. The van der Waals surface area contributed by atoms with Gasteiger partial charge in [0.1, 0.15) is 29.3 Å². The van der Waals surface area contributed by atoms with Crippen molar-refractivity contribution in [2.45, 2.75) is 6.92 Å². The molecule has 0 atom stereocenters. The van der Waals surface area contributed by atoms with Crippen molar-refractivity contribution in [3.8, 4) is 29.5 Å². The average molecular weight is 310 g/mol. The molecule has 0 amide bonds. The SMILES string of the molecule is Cc1nc(C#N)c(C#N)nc1Oc1ccc(OCC(=O)O)cc1. The zero-order valence-electron chi connectivity index (χ0n) is 12.0. The molecule has 8 nitrogen and oxygen atoms in total. The predicted octanol–water partition coefficient (Wildman–Crippen LogP) is 1.78. The number of hydrogen-bond acceptors (Lipinski definition) is 7. The number of nitriles is 2. The third-order valence-electron chi connectivity index (χ3n) is 2.64. The molecule has 0 aliphatic rings. The summed E-state index contributed by atoms with van der Waals surface area (Å²) >= 11 is 0. The summed E-state index contributed by atoms with van der Waals surface area (Å²) in [4.78, 5) is 18.3. The Morgan fingerprint density at radius 3 is 2.26 bits per heavy atom. The van der Waals surface area contributed by atoms with Crippen LogP contribution in [0.15, 0.2) is 24.3 Å². The van der Waals surface area contributed by atoms with Gasteiger partial charge in [-0.15, -0.1) is 0 Å². The molecule has 0 fully saturated rings. The van der Waals surface area contributed by atoms with Crippen LogP contribution in [0.4, 0.5) is 0 Å². The number of aromatic nitrogens is 2. The molecule has 0 aliphatic carbocycles. The molecule has 1 heterocycles. The van der Waals surface area contributed by atoms with E-state index in [-0.39, 0.29) is 17.3 Å². The van der Waals surface area contributed by atoms with Gasteiger partial charge in [-0.3, -0.25) is 0 Å². The maximum atomic E-state index is 10.4. The first-order valence-corrected chi connectivity index (χ1v) is 6.35. The van der Waals surface area contributed by atoms with E-state index in [1.54, 1.807) is 31.2 Å². The van der Waals surface area contributed by atoms with E-state index in [4.69, 9.17) is 25.1 Å². The van der Waals surface area contributed by atoms with E-state index in [2.05, 4.69) is 9.97 Å². The van der Waals surface area contributed by atoms with Gasteiger partial charge < -0.3 is 14.6 Å². The zero-order chi connectivity index (χ0) is 16.8. The van der Waals surface area contributed by atoms with E-state index in [9.17, 15) is 4.79 Å². The second kappa shape index (κ2) is 6.87. The van der Waals surface area contributed by atoms with Crippen molar-refractivity contribution >= 4 is 5.97 Å². The fourth-order valence-electron chi connectivity index (χ4n) is 1.62. The first kappa shape index (κ1) is 15.7. The number of nitrogens with zero attached hydrogens (tertiary/aromatic N) is 4. The molecule has 23 heavy (non-hydrogen) atoms. The van der Waals surface area contributed by atoms with Crippen LogP contribution >= 0.6 is 0 Å². The second-order valence-electron chi connectivity index (χ2n) is 4.29. The van der Waals surface area contributed by atoms with Crippen LogP contribution in [0.3, 0.4) is 0 Å². The summed E-state index contributed by atoms with van der Waals surface area (Å²) in [6.07, 6.45) is 0. The number of ether oxygens (including phenoxy) is 2. The predicted molar refractivity (Wildman–Crippen MR) is 75.8 cm³/mol. The minimum Gasteiger partial charge on any atom is -0.482 e. The molecule has 0 spiro atoms. The third-order valence-corrected chi connectivity index (χ3v) is 2.64. The molecule has 1 N–H and O–H groups in total. The van der Waals surface area contributed by atoms with Crippen molar-refractivity contribution in [2.75, 3.05) is 6.61 Å². The third kappa shape index (κ3) is 3.93. The Bertz CT molecular complexity index is 819. The van der Waals surface area contributed by atoms with Gasteiger partial charge >= 0.3 is 5.97 Å². The fourth-order valence-corrected chi connectivity index (χ4v) is 1.62. The highest BCUT2D eigenvalue weighted by atomic mass is 16.5. The van der Waals surface area contributed by atoms with Crippen LogP contribution in [0.25, 0.3) is 0 Å². The summed E-state index contributed by atoms with van der Waals surface area (Å²) in [5.74, 6) is -0.184. The maximum Gasteiger partial charge on any atom is 0.341 e. The van der Waals surface area contributed by atoms with Crippen LogP contribution in [0.5, 0.6) is 17.4 Å². The van der Waals surface area contributed by atoms with E-state index in [1.165, 1.54) is 12.1 Å². The highest BCUT2D eigenvalue weighted by molar-refractivity contribution is 5.68. The molecule has 0 bridgehead atoms. The van der Waals surface area contributed by atoms with Crippen LogP contribution in [0, 0.1) is 29.6 Å². The number of hydrogen-bond donors (Lipinski definition) is 1. The van der Waals surface area contributed by atoms with E-state index >= 15 is 0 Å². The van der Waals surface area contributed by atoms with Crippen molar-refractivity contribution < 1.29 is 19.4 Å². The van der Waals surface area contributed by atoms with Crippen molar-refractivity contribution in [3.05, 3.63) is 41.3 Å². The standard InChI is InChI=1S/C15H10N4O4/c1-9-15(19-13(7-17)12(6-16)18-9)23-11-4-2-10(3-5-11)22-8-14(20)21/h2-5H,8H2,1H3,(H,20,21). The molecule has 1 aromatic heterocycles. The van der Waals surface area contributed by atoms with E-state index in [1.807, 2.05) is 0 Å². The van der Waals surface area contributed by atoms with Gasteiger partial charge in [0.05, 0.1) is 0 Å². The summed E-state index contributed by atoms with van der Waals surface area (Å²) in [5.41, 5.74) is 0.191. The Morgan fingerprint density at radius 2 is 1.70 bits per heavy atom. The Morgan fingerprint density at radius 1 is 1.13 bits per heavy atom. The fraction of sp³-hybridized carbons (Fsp3) is 0.133. The summed E-state index contributed by atoms with van der Waals surface area (Å²) in [5, 5.41) is 26.4. The molecule has 0 unspecified atom stereocenters. The smallest absolute Gasteiger partial charge is 0.341 e. The quantitative estimate of drug-likeness (QED) is 0.884. The van der Waals surface area contributed by atoms with E-state index < -0.39 is 12.6 Å². The lowest BCUT2D eigenvalue weighted by atomic mass is 10.3. The number of benzene rings is 1. The topological polar surface area (TPSA) is 129 Å². The molecule has 0 saturated heterocycles. The molecule has 8 heteroatoms. The summed E-state index contributed by atoms with van der Waals surface area (Å²) in [6.45, 7) is 1.17. The van der Waals surface area contributed by atoms with Gasteiger partial charge in [0.25, 0.3) is 0 Å². The lowest BCUT2D eigenvalue weighted by Crippen LogP contribution is -2.09.